The minimum Gasteiger partial charge on any atom is -0.378 e. The summed E-state index contributed by atoms with van der Waals surface area (Å²) < 4.78 is 5.83. The van der Waals surface area contributed by atoms with E-state index in [1.54, 1.807) is 0 Å². The molecule has 0 aromatic carbocycles. The van der Waals surface area contributed by atoms with Crippen LogP contribution in [0.5, 0.6) is 0 Å². The molecule has 7 nitrogen and oxygen atoms in total. The van der Waals surface area contributed by atoms with E-state index < -0.39 is 0 Å². The van der Waals surface area contributed by atoms with Crippen LogP contribution in [-0.4, -0.2) is 44.8 Å². The molecule has 0 saturated heterocycles. The van der Waals surface area contributed by atoms with Gasteiger partial charge in [-0.3, -0.25) is 9.89 Å². The van der Waals surface area contributed by atoms with Crippen molar-refractivity contribution in [3.63, 3.8) is 0 Å². The fourth-order valence-electron chi connectivity index (χ4n) is 3.86. The van der Waals surface area contributed by atoms with Gasteiger partial charge < -0.3 is 10.1 Å². The number of carbonyl (C=O) groups excluding carboxylic acids is 1. The standard InChI is InChI=1S/C16H21N5O2S/c1-2-23-12-7-11(16(12)4-3-5-16)20-13(22)6-10-8-24-15(19-10)14-17-9-18-21-14/h8-9,11-12H,2-7H2,1H3,(H,20,22)(H,17,18,21)/t11-,12+/m1/s1. The number of aromatic amines is 1. The molecule has 2 aromatic rings. The molecular weight excluding hydrogens is 326 g/mol. The van der Waals surface area contributed by atoms with Crippen LogP contribution >= 0.6 is 11.3 Å². The topological polar surface area (TPSA) is 92.8 Å². The number of H-pyrrole nitrogens is 1. The van der Waals surface area contributed by atoms with Crippen molar-refractivity contribution >= 4 is 17.2 Å². The molecule has 2 aliphatic carbocycles. The predicted molar refractivity (Wildman–Crippen MR) is 89.4 cm³/mol. The van der Waals surface area contributed by atoms with Gasteiger partial charge in [0.2, 0.25) is 5.91 Å². The smallest absolute Gasteiger partial charge is 0.226 e. The molecule has 2 saturated carbocycles. The Morgan fingerprint density at radius 2 is 2.42 bits per heavy atom. The lowest BCUT2D eigenvalue weighted by molar-refractivity contribution is -0.175. The Kier molecular flexibility index (Phi) is 4.09. The van der Waals surface area contributed by atoms with Crippen LogP contribution in [0.25, 0.3) is 10.8 Å². The van der Waals surface area contributed by atoms with Gasteiger partial charge in [0.05, 0.1) is 18.2 Å². The van der Waals surface area contributed by atoms with Gasteiger partial charge in [0, 0.05) is 23.4 Å². The van der Waals surface area contributed by atoms with Gasteiger partial charge in [-0.1, -0.05) is 6.42 Å². The SMILES string of the molecule is CCO[C@H]1C[C@@H](NC(=O)Cc2csc(-c3ncn[nH]3)n2)C12CCC2. The van der Waals surface area contributed by atoms with Gasteiger partial charge in [-0.2, -0.15) is 5.10 Å². The molecule has 0 unspecified atom stereocenters. The summed E-state index contributed by atoms with van der Waals surface area (Å²) in [5.74, 6) is 0.675. The molecule has 1 amide bonds. The third-order valence-electron chi connectivity index (χ3n) is 5.28. The monoisotopic (exact) mass is 347 g/mol. The van der Waals surface area contributed by atoms with Crippen LogP contribution in [0.2, 0.25) is 0 Å². The van der Waals surface area contributed by atoms with Gasteiger partial charge in [-0.25, -0.2) is 9.97 Å². The van der Waals surface area contributed by atoms with Crippen molar-refractivity contribution < 1.29 is 9.53 Å². The van der Waals surface area contributed by atoms with Crippen molar-refractivity contribution in [2.45, 2.75) is 51.2 Å². The molecular formula is C16H21N5O2S. The van der Waals surface area contributed by atoms with Gasteiger partial charge >= 0.3 is 0 Å². The number of ether oxygens (including phenoxy) is 1. The lowest BCUT2D eigenvalue weighted by Crippen LogP contribution is -2.67. The molecule has 1 spiro atoms. The number of hydrogen-bond acceptors (Lipinski definition) is 6. The zero-order valence-corrected chi connectivity index (χ0v) is 14.4. The highest BCUT2D eigenvalue weighted by Crippen LogP contribution is 2.57. The first-order valence-electron chi connectivity index (χ1n) is 8.42. The average molecular weight is 347 g/mol. The second-order valence-electron chi connectivity index (χ2n) is 6.54. The summed E-state index contributed by atoms with van der Waals surface area (Å²) in [7, 11) is 0. The van der Waals surface area contributed by atoms with E-state index in [9.17, 15) is 4.79 Å². The van der Waals surface area contributed by atoms with Crippen LogP contribution in [0.15, 0.2) is 11.7 Å². The second kappa shape index (κ2) is 6.25. The third-order valence-corrected chi connectivity index (χ3v) is 6.18. The maximum atomic E-state index is 12.4. The molecule has 2 N–H and O–H groups in total. The lowest BCUT2D eigenvalue weighted by Gasteiger charge is -2.61. The Labute approximate surface area is 144 Å². The van der Waals surface area contributed by atoms with Gasteiger partial charge in [-0.15, -0.1) is 11.3 Å². The van der Waals surface area contributed by atoms with Crippen LogP contribution in [0.1, 0.15) is 38.3 Å². The van der Waals surface area contributed by atoms with E-state index in [1.165, 1.54) is 24.1 Å². The van der Waals surface area contributed by atoms with Crippen molar-refractivity contribution in [2.24, 2.45) is 5.41 Å². The number of nitrogens with one attached hydrogen (secondary N) is 2. The minimum atomic E-state index is 0.0376. The fourth-order valence-corrected chi connectivity index (χ4v) is 4.62. The summed E-state index contributed by atoms with van der Waals surface area (Å²) in [5, 5.41) is 12.5. The van der Waals surface area contributed by atoms with E-state index in [0.29, 0.717) is 18.3 Å². The van der Waals surface area contributed by atoms with Crippen molar-refractivity contribution in [2.75, 3.05) is 6.61 Å². The molecule has 2 atom stereocenters. The molecule has 2 aliphatic rings. The number of aromatic nitrogens is 4. The zero-order chi connectivity index (χ0) is 16.6. The molecule has 2 fully saturated rings. The van der Waals surface area contributed by atoms with Crippen LogP contribution in [0.4, 0.5) is 0 Å². The van der Waals surface area contributed by atoms with Crippen LogP contribution in [-0.2, 0) is 16.0 Å². The molecule has 24 heavy (non-hydrogen) atoms. The highest BCUT2D eigenvalue weighted by atomic mass is 32.1. The number of hydrogen-bond donors (Lipinski definition) is 2. The molecule has 2 heterocycles. The van der Waals surface area contributed by atoms with E-state index in [1.807, 2.05) is 12.3 Å². The molecule has 0 radical (unpaired) electrons. The third kappa shape index (κ3) is 2.63. The Morgan fingerprint density at radius 3 is 3.08 bits per heavy atom. The van der Waals surface area contributed by atoms with Gasteiger partial charge in [0.15, 0.2) is 10.8 Å². The first-order chi connectivity index (χ1) is 11.7. The van der Waals surface area contributed by atoms with E-state index in [4.69, 9.17) is 4.74 Å². The Morgan fingerprint density at radius 1 is 1.54 bits per heavy atom. The fraction of sp³-hybridized carbons (Fsp3) is 0.625. The first kappa shape index (κ1) is 15.7. The highest BCUT2D eigenvalue weighted by Gasteiger charge is 2.59. The number of rotatable bonds is 6. The lowest BCUT2D eigenvalue weighted by atomic mass is 9.51. The molecule has 2 aromatic heterocycles. The number of thiazole rings is 1. The van der Waals surface area contributed by atoms with Crippen molar-refractivity contribution in [1.82, 2.24) is 25.5 Å². The normalized spacial score (nSPS) is 24.4. The summed E-state index contributed by atoms with van der Waals surface area (Å²) in [5.41, 5.74) is 0.964. The van der Waals surface area contributed by atoms with Crippen molar-refractivity contribution in [3.05, 3.63) is 17.4 Å². The first-order valence-corrected chi connectivity index (χ1v) is 9.30. The Hall–Kier alpha value is -1.80. The van der Waals surface area contributed by atoms with Crippen molar-refractivity contribution in [1.29, 1.82) is 0 Å². The molecule has 128 valence electrons. The second-order valence-corrected chi connectivity index (χ2v) is 7.40. The largest absolute Gasteiger partial charge is 0.378 e. The van der Waals surface area contributed by atoms with E-state index in [-0.39, 0.29) is 17.4 Å². The van der Waals surface area contributed by atoms with E-state index >= 15 is 0 Å². The summed E-state index contributed by atoms with van der Waals surface area (Å²) >= 11 is 1.47. The number of nitrogens with zero attached hydrogens (tertiary/aromatic N) is 3. The minimum absolute atomic E-state index is 0.0376. The van der Waals surface area contributed by atoms with Crippen molar-refractivity contribution in [3.8, 4) is 10.8 Å². The Bertz CT molecular complexity index is 710. The summed E-state index contributed by atoms with van der Waals surface area (Å²) in [4.78, 5) is 20.9. The van der Waals surface area contributed by atoms with Crippen LogP contribution < -0.4 is 5.32 Å². The van der Waals surface area contributed by atoms with Gasteiger partial charge in [0.1, 0.15) is 6.33 Å². The molecule has 0 aliphatic heterocycles. The maximum Gasteiger partial charge on any atom is 0.226 e. The number of amides is 1. The van der Waals surface area contributed by atoms with E-state index in [0.717, 1.165) is 36.6 Å². The summed E-state index contributed by atoms with van der Waals surface area (Å²) in [6, 6.07) is 0.252. The maximum absolute atomic E-state index is 12.4. The molecule has 8 heteroatoms. The van der Waals surface area contributed by atoms with Gasteiger partial charge in [-0.05, 0) is 26.2 Å². The van der Waals surface area contributed by atoms with Crippen LogP contribution in [0, 0.1) is 5.41 Å². The highest BCUT2D eigenvalue weighted by molar-refractivity contribution is 7.13. The number of carbonyl (C=O) groups is 1. The average Bonchev–Trinajstić information content (AvgIpc) is 3.14. The quantitative estimate of drug-likeness (QED) is 0.833. The van der Waals surface area contributed by atoms with Gasteiger partial charge in [0.25, 0.3) is 0 Å². The van der Waals surface area contributed by atoms with Crippen LogP contribution in [0.3, 0.4) is 0 Å². The summed E-state index contributed by atoms with van der Waals surface area (Å²) in [6.45, 7) is 2.78. The zero-order valence-electron chi connectivity index (χ0n) is 13.6. The molecule has 0 bridgehead atoms. The predicted octanol–water partition coefficient (Wildman–Crippen LogP) is 1.93. The molecule has 4 rings (SSSR count). The Balaban J connectivity index is 1.34. The summed E-state index contributed by atoms with van der Waals surface area (Å²) in [6.07, 6.45) is 6.56. The van der Waals surface area contributed by atoms with E-state index in [2.05, 4.69) is 25.5 Å².